The Bertz CT molecular complexity index is 997. The Balaban J connectivity index is 1.47. The zero-order valence-electron chi connectivity index (χ0n) is 15.8. The number of ketones is 1. The summed E-state index contributed by atoms with van der Waals surface area (Å²) < 4.78 is 5.39. The number of hydrazine groups is 1. The van der Waals surface area contributed by atoms with E-state index in [-0.39, 0.29) is 12.4 Å². The molecule has 0 radical (unpaired) electrons. The molecule has 0 bridgehead atoms. The van der Waals surface area contributed by atoms with Crippen LogP contribution in [0.1, 0.15) is 31.8 Å². The highest BCUT2D eigenvalue weighted by Crippen LogP contribution is 2.15. The van der Waals surface area contributed by atoms with E-state index in [0.29, 0.717) is 22.4 Å². The lowest BCUT2D eigenvalue weighted by Gasteiger charge is -2.09. The Morgan fingerprint density at radius 1 is 0.724 bits per heavy atom. The number of rotatable bonds is 6. The molecule has 0 atom stereocenters. The van der Waals surface area contributed by atoms with Crippen LogP contribution < -0.4 is 15.6 Å². The first-order valence-electron chi connectivity index (χ1n) is 9.01. The highest BCUT2D eigenvalue weighted by Gasteiger charge is 2.10. The third kappa shape index (κ3) is 5.52. The lowest BCUT2D eigenvalue weighted by Crippen LogP contribution is -2.43. The van der Waals surface area contributed by atoms with Gasteiger partial charge in [0.25, 0.3) is 11.8 Å². The number of amides is 2. The average molecular weight is 388 g/mol. The number of carbonyl (C=O) groups is 3. The molecule has 3 rings (SSSR count). The number of carbonyl (C=O) groups excluding carboxylic acids is 3. The maximum Gasteiger partial charge on any atom is 0.276 e. The predicted molar refractivity (Wildman–Crippen MR) is 109 cm³/mol. The standard InChI is InChI=1S/C23H20N2O4/c1-16-7-9-19(10-8-16)23(28)25-24-21(26)15-29-20-13-11-18(12-14-20)22(27)17-5-3-2-4-6-17/h2-14H,15H2,1H3,(H,24,26)(H,25,28). The van der Waals surface area contributed by atoms with Crippen LogP contribution in [0, 0.1) is 6.92 Å². The molecule has 146 valence electrons. The lowest BCUT2D eigenvalue weighted by molar-refractivity contribution is -0.123. The van der Waals surface area contributed by atoms with Crippen molar-refractivity contribution in [3.8, 4) is 5.75 Å². The minimum Gasteiger partial charge on any atom is -0.484 e. The zero-order chi connectivity index (χ0) is 20.6. The van der Waals surface area contributed by atoms with Crippen LogP contribution in [0.2, 0.25) is 0 Å². The fourth-order valence-electron chi connectivity index (χ4n) is 2.55. The summed E-state index contributed by atoms with van der Waals surface area (Å²) in [6, 6.07) is 22.5. The molecule has 0 saturated heterocycles. The van der Waals surface area contributed by atoms with Crippen LogP contribution in [-0.2, 0) is 4.79 Å². The quantitative estimate of drug-likeness (QED) is 0.502. The molecule has 6 nitrogen and oxygen atoms in total. The van der Waals surface area contributed by atoms with Crippen LogP contribution >= 0.6 is 0 Å². The summed E-state index contributed by atoms with van der Waals surface area (Å²) in [5, 5.41) is 0. The van der Waals surface area contributed by atoms with Crippen molar-refractivity contribution in [2.45, 2.75) is 6.92 Å². The van der Waals surface area contributed by atoms with Gasteiger partial charge in [0.1, 0.15) is 5.75 Å². The molecule has 3 aromatic rings. The summed E-state index contributed by atoms with van der Waals surface area (Å²) >= 11 is 0. The van der Waals surface area contributed by atoms with Gasteiger partial charge in [0.15, 0.2) is 12.4 Å². The first kappa shape index (κ1) is 19.8. The normalized spacial score (nSPS) is 10.1. The monoisotopic (exact) mass is 388 g/mol. The molecule has 6 heteroatoms. The smallest absolute Gasteiger partial charge is 0.276 e. The van der Waals surface area contributed by atoms with Crippen LogP contribution in [0.4, 0.5) is 0 Å². The Morgan fingerprint density at radius 2 is 1.31 bits per heavy atom. The maximum absolute atomic E-state index is 12.4. The minimum atomic E-state index is -0.505. The van der Waals surface area contributed by atoms with Gasteiger partial charge in [-0.25, -0.2) is 0 Å². The fourth-order valence-corrected chi connectivity index (χ4v) is 2.55. The van der Waals surface area contributed by atoms with Crippen molar-refractivity contribution in [1.29, 1.82) is 0 Å². The second kappa shape index (κ2) is 9.32. The maximum atomic E-state index is 12.4. The van der Waals surface area contributed by atoms with Crippen LogP contribution in [0.15, 0.2) is 78.9 Å². The lowest BCUT2D eigenvalue weighted by atomic mass is 10.0. The van der Waals surface area contributed by atoms with Crippen LogP contribution in [0.5, 0.6) is 5.75 Å². The van der Waals surface area contributed by atoms with Crippen molar-refractivity contribution >= 4 is 17.6 Å². The molecule has 0 unspecified atom stereocenters. The van der Waals surface area contributed by atoms with E-state index in [4.69, 9.17) is 4.74 Å². The van der Waals surface area contributed by atoms with Crippen molar-refractivity contribution in [1.82, 2.24) is 10.9 Å². The van der Waals surface area contributed by atoms with E-state index < -0.39 is 11.8 Å². The third-order valence-electron chi connectivity index (χ3n) is 4.15. The minimum absolute atomic E-state index is 0.0892. The Kier molecular flexibility index (Phi) is 6.37. The van der Waals surface area contributed by atoms with E-state index >= 15 is 0 Å². The molecule has 3 aromatic carbocycles. The van der Waals surface area contributed by atoms with Crippen molar-refractivity contribution in [2.24, 2.45) is 0 Å². The molecule has 0 saturated carbocycles. The van der Waals surface area contributed by atoms with E-state index in [1.165, 1.54) is 0 Å². The average Bonchev–Trinajstić information content (AvgIpc) is 2.77. The van der Waals surface area contributed by atoms with Gasteiger partial charge in [-0.2, -0.15) is 0 Å². The number of hydrogen-bond donors (Lipinski definition) is 2. The van der Waals surface area contributed by atoms with Crippen LogP contribution in [0.3, 0.4) is 0 Å². The molecule has 0 aliphatic heterocycles. The first-order chi connectivity index (χ1) is 14.0. The Labute approximate surface area is 168 Å². The van der Waals surface area contributed by atoms with Crippen LogP contribution in [-0.4, -0.2) is 24.2 Å². The number of benzene rings is 3. The van der Waals surface area contributed by atoms with E-state index in [1.54, 1.807) is 60.7 Å². The molecular formula is C23H20N2O4. The third-order valence-corrected chi connectivity index (χ3v) is 4.15. The molecule has 29 heavy (non-hydrogen) atoms. The first-order valence-corrected chi connectivity index (χ1v) is 9.01. The molecular weight excluding hydrogens is 368 g/mol. The molecule has 0 spiro atoms. The summed E-state index contributed by atoms with van der Waals surface area (Å²) in [7, 11) is 0. The highest BCUT2D eigenvalue weighted by molar-refractivity contribution is 6.09. The van der Waals surface area contributed by atoms with Gasteiger partial charge in [-0.1, -0.05) is 48.0 Å². The molecule has 0 aromatic heterocycles. The van der Waals surface area contributed by atoms with Gasteiger partial charge >= 0.3 is 0 Å². The second-order valence-electron chi connectivity index (χ2n) is 6.38. The SMILES string of the molecule is Cc1ccc(C(=O)NNC(=O)COc2ccc(C(=O)c3ccccc3)cc2)cc1. The van der Waals surface area contributed by atoms with Gasteiger partial charge in [0.2, 0.25) is 0 Å². The largest absolute Gasteiger partial charge is 0.484 e. The van der Waals surface area contributed by atoms with E-state index in [2.05, 4.69) is 10.9 Å². The number of nitrogens with one attached hydrogen (secondary N) is 2. The summed E-state index contributed by atoms with van der Waals surface area (Å²) in [6.45, 7) is 1.64. The summed E-state index contributed by atoms with van der Waals surface area (Å²) in [5.41, 5.74) is 7.24. The topological polar surface area (TPSA) is 84.5 Å². The molecule has 2 N–H and O–H groups in total. The summed E-state index contributed by atoms with van der Waals surface area (Å²) in [5.74, 6) is -0.569. The van der Waals surface area contributed by atoms with Gasteiger partial charge in [0.05, 0.1) is 0 Å². The van der Waals surface area contributed by atoms with E-state index in [0.717, 1.165) is 5.56 Å². The highest BCUT2D eigenvalue weighted by atomic mass is 16.5. The van der Waals surface area contributed by atoms with Gasteiger partial charge in [-0.05, 0) is 43.3 Å². The number of hydrogen-bond acceptors (Lipinski definition) is 4. The van der Waals surface area contributed by atoms with E-state index in [9.17, 15) is 14.4 Å². The van der Waals surface area contributed by atoms with Gasteiger partial charge in [-0.15, -0.1) is 0 Å². The molecule has 0 aliphatic carbocycles. The molecule has 0 heterocycles. The fraction of sp³-hybridized carbons (Fsp3) is 0.0870. The Hall–Kier alpha value is -3.93. The Morgan fingerprint density at radius 3 is 1.97 bits per heavy atom. The molecule has 0 aliphatic rings. The zero-order valence-corrected chi connectivity index (χ0v) is 15.8. The van der Waals surface area contributed by atoms with Gasteiger partial charge in [0, 0.05) is 16.7 Å². The summed E-state index contributed by atoms with van der Waals surface area (Å²) in [6.07, 6.45) is 0. The molecule has 0 fully saturated rings. The van der Waals surface area contributed by atoms with Crippen molar-refractivity contribution in [3.63, 3.8) is 0 Å². The van der Waals surface area contributed by atoms with Crippen molar-refractivity contribution in [3.05, 3.63) is 101 Å². The number of ether oxygens (including phenoxy) is 1. The van der Waals surface area contributed by atoms with Crippen LogP contribution in [0.25, 0.3) is 0 Å². The van der Waals surface area contributed by atoms with Crippen molar-refractivity contribution < 1.29 is 19.1 Å². The van der Waals surface area contributed by atoms with Crippen molar-refractivity contribution in [2.75, 3.05) is 6.61 Å². The van der Waals surface area contributed by atoms with E-state index in [1.807, 2.05) is 25.1 Å². The second-order valence-corrected chi connectivity index (χ2v) is 6.38. The summed E-state index contributed by atoms with van der Waals surface area (Å²) in [4.78, 5) is 36.2. The molecule has 2 amide bonds. The number of aryl methyl sites for hydroxylation is 1. The van der Waals surface area contributed by atoms with Gasteiger partial charge in [-0.3, -0.25) is 25.2 Å². The van der Waals surface area contributed by atoms with Gasteiger partial charge < -0.3 is 4.74 Å². The predicted octanol–water partition coefficient (Wildman–Crippen LogP) is 3.07.